The van der Waals surface area contributed by atoms with Crippen LogP contribution in [-0.4, -0.2) is 18.8 Å². The molecule has 1 N–H and O–H groups in total. The molecule has 0 spiro atoms. The van der Waals surface area contributed by atoms with E-state index in [-0.39, 0.29) is 13.0 Å². The number of nitrogens with one attached hydrogen (secondary N) is 1. The standard InChI is InChI=1S/C14H18F3NO2/c15-14(16,17)9-5-2-6-10-18-13(19)20-11-12-7-3-1-4-8-12/h1,3-4,7-8H,2,5-6,9-11H2,(H,18,19). The number of carbonyl (C=O) groups is 1. The number of alkyl carbamates (subject to hydrolysis) is 1. The Balaban J connectivity index is 2.01. The molecule has 6 heteroatoms. The quantitative estimate of drug-likeness (QED) is 0.769. The van der Waals surface area contributed by atoms with E-state index in [1.54, 1.807) is 0 Å². The number of benzene rings is 1. The molecule has 0 saturated heterocycles. The third-order valence-electron chi connectivity index (χ3n) is 2.62. The summed E-state index contributed by atoms with van der Waals surface area (Å²) in [6.07, 6.45) is -4.39. The van der Waals surface area contributed by atoms with E-state index in [9.17, 15) is 18.0 Å². The molecule has 1 amide bonds. The van der Waals surface area contributed by atoms with Crippen molar-refractivity contribution in [2.24, 2.45) is 0 Å². The molecule has 1 rings (SSSR count). The van der Waals surface area contributed by atoms with Crippen molar-refractivity contribution in [2.45, 2.75) is 38.5 Å². The number of hydrogen-bond donors (Lipinski definition) is 1. The molecule has 0 aliphatic heterocycles. The highest BCUT2D eigenvalue weighted by Gasteiger charge is 2.25. The van der Waals surface area contributed by atoms with Crippen molar-refractivity contribution in [1.29, 1.82) is 0 Å². The van der Waals surface area contributed by atoms with Crippen LogP contribution in [0.4, 0.5) is 18.0 Å². The molecule has 0 aliphatic carbocycles. The van der Waals surface area contributed by atoms with Gasteiger partial charge in [0, 0.05) is 13.0 Å². The van der Waals surface area contributed by atoms with Crippen molar-refractivity contribution in [2.75, 3.05) is 6.54 Å². The maximum atomic E-state index is 11.9. The monoisotopic (exact) mass is 289 g/mol. The fourth-order valence-corrected chi connectivity index (χ4v) is 1.59. The Hall–Kier alpha value is -1.72. The summed E-state index contributed by atoms with van der Waals surface area (Å²) in [6, 6.07) is 9.23. The van der Waals surface area contributed by atoms with Crippen LogP contribution in [0.25, 0.3) is 0 Å². The number of hydrogen-bond acceptors (Lipinski definition) is 2. The average Bonchev–Trinajstić information content (AvgIpc) is 2.40. The Bertz CT molecular complexity index is 393. The normalized spacial score (nSPS) is 11.2. The molecule has 0 aliphatic rings. The van der Waals surface area contributed by atoms with Gasteiger partial charge in [-0.25, -0.2) is 4.79 Å². The van der Waals surface area contributed by atoms with Crippen LogP contribution in [0.15, 0.2) is 30.3 Å². The van der Waals surface area contributed by atoms with Gasteiger partial charge in [-0.15, -0.1) is 0 Å². The Morgan fingerprint density at radius 2 is 1.80 bits per heavy atom. The summed E-state index contributed by atoms with van der Waals surface area (Å²) in [5.41, 5.74) is 0.882. The molecule has 0 heterocycles. The lowest BCUT2D eigenvalue weighted by atomic mass is 10.2. The van der Waals surface area contributed by atoms with Gasteiger partial charge in [0.05, 0.1) is 0 Å². The Morgan fingerprint density at radius 3 is 2.45 bits per heavy atom. The minimum Gasteiger partial charge on any atom is -0.445 e. The number of alkyl halides is 3. The van der Waals surface area contributed by atoms with Crippen molar-refractivity contribution in [1.82, 2.24) is 5.32 Å². The molecule has 1 aromatic rings. The van der Waals surface area contributed by atoms with Crippen molar-refractivity contribution in [3.63, 3.8) is 0 Å². The molecule has 1 aromatic carbocycles. The fourth-order valence-electron chi connectivity index (χ4n) is 1.59. The van der Waals surface area contributed by atoms with Crippen LogP contribution in [0.3, 0.4) is 0 Å². The van der Waals surface area contributed by atoms with Gasteiger partial charge in [-0.3, -0.25) is 0 Å². The van der Waals surface area contributed by atoms with E-state index in [0.717, 1.165) is 5.56 Å². The van der Waals surface area contributed by atoms with Gasteiger partial charge in [-0.2, -0.15) is 13.2 Å². The van der Waals surface area contributed by atoms with E-state index >= 15 is 0 Å². The number of amides is 1. The second-order valence-corrected chi connectivity index (χ2v) is 4.41. The highest BCUT2D eigenvalue weighted by atomic mass is 19.4. The first-order valence-electron chi connectivity index (χ1n) is 6.49. The van der Waals surface area contributed by atoms with Gasteiger partial charge in [0.25, 0.3) is 0 Å². The number of halogens is 3. The van der Waals surface area contributed by atoms with Crippen LogP contribution in [0.5, 0.6) is 0 Å². The van der Waals surface area contributed by atoms with Gasteiger partial charge >= 0.3 is 12.3 Å². The molecule has 0 saturated carbocycles. The first-order valence-corrected chi connectivity index (χ1v) is 6.49. The van der Waals surface area contributed by atoms with Crippen molar-refractivity contribution >= 4 is 6.09 Å². The molecule has 0 aromatic heterocycles. The molecule has 0 fully saturated rings. The summed E-state index contributed by atoms with van der Waals surface area (Å²) in [5, 5.41) is 2.51. The minimum absolute atomic E-state index is 0.0875. The largest absolute Gasteiger partial charge is 0.445 e. The third-order valence-corrected chi connectivity index (χ3v) is 2.62. The molecule has 0 atom stereocenters. The van der Waals surface area contributed by atoms with E-state index in [1.807, 2.05) is 30.3 Å². The van der Waals surface area contributed by atoms with Crippen LogP contribution < -0.4 is 5.32 Å². The molecule has 0 bridgehead atoms. The molecule has 3 nitrogen and oxygen atoms in total. The van der Waals surface area contributed by atoms with Crippen molar-refractivity contribution in [3.8, 4) is 0 Å². The zero-order valence-corrected chi connectivity index (χ0v) is 11.1. The lowest BCUT2D eigenvalue weighted by Gasteiger charge is -2.08. The second-order valence-electron chi connectivity index (χ2n) is 4.41. The summed E-state index contributed by atoms with van der Waals surface area (Å²) in [4.78, 5) is 11.3. The van der Waals surface area contributed by atoms with Crippen LogP contribution >= 0.6 is 0 Å². The Labute approximate surface area is 116 Å². The van der Waals surface area contributed by atoms with Gasteiger partial charge in [0.15, 0.2) is 0 Å². The van der Waals surface area contributed by atoms with Gasteiger partial charge in [0.2, 0.25) is 0 Å². The maximum absolute atomic E-state index is 11.9. The topological polar surface area (TPSA) is 38.3 Å². The van der Waals surface area contributed by atoms with Crippen LogP contribution in [0.1, 0.15) is 31.2 Å². The number of rotatable bonds is 7. The van der Waals surface area contributed by atoms with E-state index in [0.29, 0.717) is 19.4 Å². The van der Waals surface area contributed by atoms with Crippen LogP contribution in [0.2, 0.25) is 0 Å². The van der Waals surface area contributed by atoms with Gasteiger partial charge in [-0.1, -0.05) is 36.8 Å². The lowest BCUT2D eigenvalue weighted by Crippen LogP contribution is -2.25. The molecular weight excluding hydrogens is 271 g/mol. The van der Waals surface area contributed by atoms with E-state index < -0.39 is 18.7 Å². The molecule has 20 heavy (non-hydrogen) atoms. The van der Waals surface area contributed by atoms with Gasteiger partial charge in [-0.05, 0) is 18.4 Å². The van der Waals surface area contributed by atoms with Crippen molar-refractivity contribution in [3.05, 3.63) is 35.9 Å². The number of carbonyl (C=O) groups excluding carboxylic acids is 1. The van der Waals surface area contributed by atoms with Crippen LogP contribution in [-0.2, 0) is 11.3 Å². The predicted molar refractivity (Wildman–Crippen MR) is 69.2 cm³/mol. The average molecular weight is 289 g/mol. The van der Waals surface area contributed by atoms with Gasteiger partial charge in [0.1, 0.15) is 6.61 Å². The highest BCUT2D eigenvalue weighted by molar-refractivity contribution is 5.67. The summed E-state index contributed by atoms with van der Waals surface area (Å²) in [6.45, 7) is 0.506. The van der Waals surface area contributed by atoms with Crippen LogP contribution in [0, 0.1) is 0 Å². The predicted octanol–water partition coefficient (Wildman–Crippen LogP) is 4.04. The van der Waals surface area contributed by atoms with E-state index in [1.165, 1.54) is 0 Å². The maximum Gasteiger partial charge on any atom is 0.407 e. The van der Waals surface area contributed by atoms with E-state index in [2.05, 4.69) is 5.32 Å². The minimum atomic E-state index is -4.10. The molecule has 112 valence electrons. The second kappa shape index (κ2) is 8.45. The summed E-state index contributed by atoms with van der Waals surface area (Å²) >= 11 is 0. The fraction of sp³-hybridized carbons (Fsp3) is 0.500. The number of unbranched alkanes of at least 4 members (excludes halogenated alkanes) is 2. The SMILES string of the molecule is O=C(NCCCCCC(F)(F)F)OCc1ccccc1. The summed E-state index contributed by atoms with van der Waals surface area (Å²) in [7, 11) is 0. The first-order chi connectivity index (χ1) is 9.47. The summed E-state index contributed by atoms with van der Waals surface area (Å²) < 4.78 is 40.6. The highest BCUT2D eigenvalue weighted by Crippen LogP contribution is 2.22. The lowest BCUT2D eigenvalue weighted by molar-refractivity contribution is -0.135. The molecular formula is C14H18F3NO2. The third kappa shape index (κ3) is 8.39. The Morgan fingerprint density at radius 1 is 1.10 bits per heavy atom. The molecule has 0 radical (unpaired) electrons. The Kier molecular flexibility index (Phi) is 6.90. The first kappa shape index (κ1) is 16.3. The summed E-state index contributed by atoms with van der Waals surface area (Å²) in [5.74, 6) is 0. The zero-order valence-electron chi connectivity index (χ0n) is 11.1. The number of ether oxygens (including phenoxy) is 1. The zero-order chi connectivity index (χ0) is 14.8. The van der Waals surface area contributed by atoms with Gasteiger partial charge < -0.3 is 10.1 Å². The molecule has 0 unspecified atom stereocenters. The van der Waals surface area contributed by atoms with E-state index in [4.69, 9.17) is 4.74 Å². The smallest absolute Gasteiger partial charge is 0.407 e. The van der Waals surface area contributed by atoms with Crippen molar-refractivity contribution < 1.29 is 22.7 Å².